The van der Waals surface area contributed by atoms with Gasteiger partial charge in [0.15, 0.2) is 0 Å². The number of aromatic nitrogens is 1. The van der Waals surface area contributed by atoms with Crippen molar-refractivity contribution in [3.63, 3.8) is 0 Å². The summed E-state index contributed by atoms with van der Waals surface area (Å²) in [6, 6.07) is 5.50. The van der Waals surface area contributed by atoms with E-state index in [1.54, 1.807) is 27.0 Å². The molecule has 0 saturated carbocycles. The van der Waals surface area contributed by atoms with E-state index in [2.05, 4.69) is 19.7 Å². The van der Waals surface area contributed by atoms with Gasteiger partial charge in [0.2, 0.25) is 0 Å². The number of carbonyl (C=O) groups excluding carboxylic acids is 1. The molecule has 2 atom stereocenters. The molecule has 0 unspecified atom stereocenters. The maximum atomic E-state index is 15.1. The van der Waals surface area contributed by atoms with Gasteiger partial charge in [-0.25, -0.2) is 13.8 Å². The fourth-order valence-corrected chi connectivity index (χ4v) is 7.89. The molecule has 11 heteroatoms. The van der Waals surface area contributed by atoms with Gasteiger partial charge in [0.25, 0.3) is 5.91 Å². The summed E-state index contributed by atoms with van der Waals surface area (Å²) < 4.78 is 32.3. The van der Waals surface area contributed by atoms with E-state index < -0.39 is 37.4 Å². The molecule has 0 spiro atoms. The number of amidine groups is 1. The molecular formula is C21H22Cl2FN5O2S. The Morgan fingerprint density at radius 2 is 2.00 bits per heavy atom. The molecule has 4 rings (SSSR count). The Morgan fingerprint density at radius 3 is 2.69 bits per heavy atom. The topological polar surface area (TPSA) is 110 Å². The zero-order chi connectivity index (χ0) is 23.5. The molecule has 1 aromatic carbocycles. The maximum absolute atomic E-state index is 15.1. The molecule has 3 N–H and O–H groups in total. The van der Waals surface area contributed by atoms with E-state index in [1.807, 2.05) is 0 Å². The molecule has 1 amide bonds. The highest BCUT2D eigenvalue weighted by Crippen LogP contribution is 2.50. The fraction of sp³-hybridized carbons (Fsp3) is 0.333. The second kappa shape index (κ2) is 7.60. The van der Waals surface area contributed by atoms with E-state index in [4.69, 9.17) is 28.9 Å². The normalized spacial score (nSPS) is 26.2. The van der Waals surface area contributed by atoms with Gasteiger partial charge in [-0.1, -0.05) is 23.2 Å². The van der Waals surface area contributed by atoms with E-state index in [-0.39, 0.29) is 22.1 Å². The van der Waals surface area contributed by atoms with Crippen LogP contribution in [-0.4, -0.2) is 37.1 Å². The van der Waals surface area contributed by atoms with Crippen LogP contribution in [0.5, 0.6) is 0 Å². The first kappa shape index (κ1) is 22.8. The minimum atomic E-state index is -3.22. The lowest BCUT2D eigenvalue weighted by Gasteiger charge is -2.49. The quantitative estimate of drug-likeness (QED) is 0.558. The number of aliphatic imine (C=N–C) groups is 1. The zero-order valence-electron chi connectivity index (χ0n) is 17.6. The number of hydrogen-bond acceptors (Lipinski definition) is 5. The Labute approximate surface area is 195 Å². The lowest BCUT2D eigenvalue weighted by atomic mass is 9.86. The highest BCUT2D eigenvalue weighted by Gasteiger charge is 2.57. The lowest BCUT2D eigenvalue weighted by Crippen LogP contribution is -2.61. The van der Waals surface area contributed by atoms with Crippen LogP contribution in [0.3, 0.4) is 0 Å². The molecule has 3 heterocycles. The number of benzene rings is 1. The predicted octanol–water partition coefficient (Wildman–Crippen LogP) is 3.92. The number of anilines is 1. The first-order valence-electron chi connectivity index (χ1n) is 9.82. The Hall–Kier alpha value is -2.36. The molecule has 0 radical (unpaired) electrons. The highest BCUT2D eigenvalue weighted by atomic mass is 35.5. The first-order chi connectivity index (χ1) is 14.9. The van der Waals surface area contributed by atoms with Gasteiger partial charge >= 0.3 is 0 Å². The van der Waals surface area contributed by atoms with Crippen LogP contribution in [0, 0.1) is 5.82 Å². The molecule has 2 aliphatic heterocycles. The summed E-state index contributed by atoms with van der Waals surface area (Å²) in [5.74, 6) is -0.982. The smallest absolute Gasteiger partial charge is 0.275 e. The van der Waals surface area contributed by atoms with Crippen LogP contribution in [-0.2, 0) is 15.7 Å². The average molecular weight is 498 g/mol. The van der Waals surface area contributed by atoms with Crippen LogP contribution in [0.25, 0.3) is 0 Å². The predicted molar refractivity (Wildman–Crippen MR) is 128 cm³/mol. The summed E-state index contributed by atoms with van der Waals surface area (Å²) in [7, 11) is -3.22. The minimum absolute atomic E-state index is 0.0245. The van der Waals surface area contributed by atoms with Crippen molar-refractivity contribution in [2.24, 2.45) is 15.1 Å². The second-order valence-electron chi connectivity index (χ2n) is 8.51. The summed E-state index contributed by atoms with van der Waals surface area (Å²) in [4.78, 5) is 21.2. The summed E-state index contributed by atoms with van der Waals surface area (Å²) in [6.07, 6.45) is 3.30. The third-order valence-electron chi connectivity index (χ3n) is 6.23. The monoisotopic (exact) mass is 497 g/mol. The zero-order valence-corrected chi connectivity index (χ0v) is 20.0. The summed E-state index contributed by atoms with van der Waals surface area (Å²) in [5.41, 5.74) is 5.43. The van der Waals surface area contributed by atoms with Crippen molar-refractivity contribution < 1.29 is 13.4 Å². The number of rotatable bonds is 3. The second-order valence-corrected chi connectivity index (χ2v) is 12.6. The Kier molecular flexibility index (Phi) is 5.42. The van der Waals surface area contributed by atoms with Crippen LogP contribution >= 0.6 is 23.2 Å². The number of thiol groups is 1. The Morgan fingerprint density at radius 1 is 1.28 bits per heavy atom. The molecule has 0 bridgehead atoms. The average Bonchev–Trinajstić information content (AvgIpc) is 3.13. The number of nitrogens with one attached hydrogen (secondary N) is 1. The van der Waals surface area contributed by atoms with Gasteiger partial charge in [-0.05, 0) is 55.2 Å². The van der Waals surface area contributed by atoms with Gasteiger partial charge in [-0.3, -0.25) is 14.0 Å². The van der Waals surface area contributed by atoms with Gasteiger partial charge in [0.1, 0.15) is 22.9 Å². The lowest BCUT2D eigenvalue weighted by molar-refractivity contribution is 0.102. The van der Waals surface area contributed by atoms with Crippen LogP contribution in [0.1, 0.15) is 43.2 Å². The van der Waals surface area contributed by atoms with Crippen molar-refractivity contribution in [2.45, 2.75) is 42.7 Å². The third-order valence-corrected chi connectivity index (χ3v) is 10.6. The van der Waals surface area contributed by atoms with Crippen molar-refractivity contribution in [3.05, 3.63) is 57.6 Å². The SMILES string of the molecule is CC1(C)C(N)=N[C@](C)(c2cc(NC(=O)c3ncc(Cl)cc3Cl)ccc2F)[C@@H]2CC=N[SH]21=O. The largest absolute Gasteiger partial charge is 0.386 e. The summed E-state index contributed by atoms with van der Waals surface area (Å²) in [5, 5.41) is 2.49. The number of halogens is 3. The van der Waals surface area contributed by atoms with Gasteiger partial charge in [-0.15, -0.1) is 0 Å². The van der Waals surface area contributed by atoms with E-state index in [0.29, 0.717) is 17.1 Å². The number of hydrogen-bond donors (Lipinski definition) is 3. The highest BCUT2D eigenvalue weighted by molar-refractivity contribution is 8.04. The van der Waals surface area contributed by atoms with Gasteiger partial charge in [0.05, 0.1) is 20.0 Å². The Balaban J connectivity index is 1.75. The summed E-state index contributed by atoms with van der Waals surface area (Å²) >= 11 is 11.9. The number of nitrogens with two attached hydrogens (primary N) is 1. The van der Waals surface area contributed by atoms with E-state index in [9.17, 15) is 9.00 Å². The first-order valence-corrected chi connectivity index (χ1v) is 12.3. The molecule has 1 aromatic heterocycles. The van der Waals surface area contributed by atoms with Crippen LogP contribution in [0.15, 0.2) is 39.9 Å². The fourth-order valence-electron chi connectivity index (χ4n) is 4.22. The van der Waals surface area contributed by atoms with Gasteiger partial charge in [-0.2, -0.15) is 0 Å². The van der Waals surface area contributed by atoms with Gasteiger partial charge < -0.3 is 11.1 Å². The van der Waals surface area contributed by atoms with E-state index >= 15 is 4.39 Å². The van der Waals surface area contributed by atoms with Crippen molar-refractivity contribution in [3.8, 4) is 0 Å². The Bertz CT molecular complexity index is 1250. The number of pyridine rings is 1. The molecule has 2 aliphatic rings. The van der Waals surface area contributed by atoms with E-state index in [1.165, 1.54) is 30.5 Å². The van der Waals surface area contributed by atoms with Crippen molar-refractivity contribution in [1.82, 2.24) is 4.98 Å². The maximum Gasteiger partial charge on any atom is 0.275 e. The van der Waals surface area contributed by atoms with Crippen molar-refractivity contribution >= 4 is 57.0 Å². The number of nitrogens with zero attached hydrogens (tertiary/aromatic N) is 3. The molecular weight excluding hydrogens is 476 g/mol. The molecule has 0 saturated heterocycles. The molecule has 170 valence electrons. The molecule has 32 heavy (non-hydrogen) atoms. The van der Waals surface area contributed by atoms with Gasteiger partial charge in [0, 0.05) is 30.1 Å². The number of carbonyl (C=O) groups is 1. The van der Waals surface area contributed by atoms with E-state index in [0.717, 1.165) is 0 Å². The van der Waals surface area contributed by atoms with Crippen molar-refractivity contribution in [1.29, 1.82) is 0 Å². The molecule has 2 aromatic rings. The summed E-state index contributed by atoms with van der Waals surface area (Å²) in [6.45, 7) is 5.19. The van der Waals surface area contributed by atoms with Crippen LogP contribution < -0.4 is 11.1 Å². The standard InChI is InChI=1S/C21H22Cl2FN5O2S/c1-20(2)19(25)29-21(3,16-6-7-27-32(16,20)31)13-9-12(4-5-15(13)24)28-18(30)17-14(23)8-11(22)10-26-17/h4-5,7-10,16,32H,6H2,1-3H3,(H2,25,29)(H,28,30)/t16-,21+/m0/s1. The molecule has 0 aliphatic carbocycles. The van der Waals surface area contributed by atoms with Crippen LogP contribution in [0.2, 0.25) is 10.0 Å². The third kappa shape index (κ3) is 3.34. The van der Waals surface area contributed by atoms with Crippen molar-refractivity contribution in [2.75, 3.05) is 5.32 Å². The number of amides is 1. The molecule has 7 nitrogen and oxygen atoms in total. The minimum Gasteiger partial charge on any atom is -0.386 e. The van der Waals surface area contributed by atoms with Crippen LogP contribution in [0.4, 0.5) is 10.1 Å². The molecule has 0 fully saturated rings. The number of fused-ring (bicyclic) bond motifs is 1.